The monoisotopic (exact) mass is 191 g/mol. The summed E-state index contributed by atoms with van der Waals surface area (Å²) in [5.41, 5.74) is 5.02. The van der Waals surface area contributed by atoms with Crippen LogP contribution in [0.1, 0.15) is 20.8 Å². The highest BCUT2D eigenvalue weighted by atomic mass is 16.5. The smallest absolute Gasteiger partial charge is 0.0781 e. The molecule has 0 aromatic carbocycles. The van der Waals surface area contributed by atoms with Crippen LogP contribution in [0.5, 0.6) is 0 Å². The van der Waals surface area contributed by atoms with Crippen molar-refractivity contribution in [3.05, 3.63) is 0 Å². The first kappa shape index (κ1) is 12.8. The molecule has 0 aliphatic carbocycles. The Kier molecular flexibility index (Phi) is 6.24. The summed E-state index contributed by atoms with van der Waals surface area (Å²) < 4.78 is 10.6. The maximum absolute atomic E-state index is 8.85. The van der Waals surface area contributed by atoms with Crippen molar-refractivity contribution in [2.45, 2.75) is 32.4 Å². The van der Waals surface area contributed by atoms with Gasteiger partial charge in [0.25, 0.3) is 0 Å². The molecule has 4 nitrogen and oxygen atoms in total. The summed E-state index contributed by atoms with van der Waals surface area (Å²) >= 11 is 0. The van der Waals surface area contributed by atoms with Gasteiger partial charge in [-0.2, -0.15) is 0 Å². The highest BCUT2D eigenvalue weighted by Gasteiger charge is 2.18. The van der Waals surface area contributed by atoms with Gasteiger partial charge in [-0.15, -0.1) is 0 Å². The summed E-state index contributed by atoms with van der Waals surface area (Å²) in [6.45, 7) is 7.13. The second-order valence-corrected chi connectivity index (χ2v) is 3.59. The fourth-order valence-electron chi connectivity index (χ4n) is 0.710. The molecule has 0 aromatic rings. The summed E-state index contributed by atoms with van der Waals surface area (Å²) in [5.74, 6) is 0. The van der Waals surface area contributed by atoms with Crippen molar-refractivity contribution in [1.29, 1.82) is 0 Å². The zero-order valence-electron chi connectivity index (χ0n) is 8.75. The van der Waals surface area contributed by atoms with Gasteiger partial charge >= 0.3 is 0 Å². The van der Waals surface area contributed by atoms with Crippen LogP contribution in [0.25, 0.3) is 0 Å². The van der Waals surface area contributed by atoms with Gasteiger partial charge in [0.1, 0.15) is 0 Å². The number of aliphatic hydroxyl groups excluding tert-OH is 1. The van der Waals surface area contributed by atoms with Gasteiger partial charge in [-0.1, -0.05) is 0 Å². The van der Waals surface area contributed by atoms with Crippen molar-refractivity contribution in [3.63, 3.8) is 0 Å². The Hall–Kier alpha value is -0.160. The van der Waals surface area contributed by atoms with Crippen LogP contribution in [-0.2, 0) is 9.47 Å². The molecule has 0 radical (unpaired) electrons. The third-order valence-corrected chi connectivity index (χ3v) is 1.62. The minimum Gasteiger partial charge on any atom is -0.394 e. The lowest BCUT2D eigenvalue weighted by atomic mass is 10.1. The Labute approximate surface area is 80.0 Å². The molecule has 3 N–H and O–H groups in total. The summed E-state index contributed by atoms with van der Waals surface area (Å²) in [7, 11) is 0. The topological polar surface area (TPSA) is 64.7 Å². The highest BCUT2D eigenvalue weighted by Crippen LogP contribution is 2.01. The van der Waals surface area contributed by atoms with Crippen LogP contribution >= 0.6 is 0 Å². The molecule has 0 saturated heterocycles. The maximum Gasteiger partial charge on any atom is 0.0781 e. The summed E-state index contributed by atoms with van der Waals surface area (Å²) in [6, 6.07) is 0. The van der Waals surface area contributed by atoms with Crippen molar-refractivity contribution < 1.29 is 14.6 Å². The summed E-state index contributed by atoms with van der Waals surface area (Å²) in [5, 5.41) is 8.85. The lowest BCUT2D eigenvalue weighted by molar-refractivity contribution is -0.0277. The fraction of sp³-hybridized carbons (Fsp3) is 1.00. The highest BCUT2D eigenvalue weighted by molar-refractivity contribution is 4.76. The maximum atomic E-state index is 8.85. The van der Waals surface area contributed by atoms with Crippen molar-refractivity contribution >= 4 is 0 Å². The van der Waals surface area contributed by atoms with Crippen LogP contribution in [0, 0.1) is 0 Å². The third kappa shape index (κ3) is 6.95. The molecule has 0 spiro atoms. The average molecular weight is 191 g/mol. The first-order chi connectivity index (χ1) is 6.02. The number of nitrogens with two attached hydrogens (primary N) is 1. The number of ether oxygens (including phenoxy) is 2. The zero-order valence-corrected chi connectivity index (χ0v) is 8.75. The van der Waals surface area contributed by atoms with E-state index >= 15 is 0 Å². The number of hydrogen-bond acceptors (Lipinski definition) is 4. The molecular weight excluding hydrogens is 170 g/mol. The Balaban J connectivity index is 3.51. The molecule has 4 heteroatoms. The summed E-state index contributed by atoms with van der Waals surface area (Å²) in [4.78, 5) is 0. The van der Waals surface area contributed by atoms with Gasteiger partial charge in [0.2, 0.25) is 0 Å². The van der Waals surface area contributed by atoms with E-state index in [0.29, 0.717) is 19.8 Å². The van der Waals surface area contributed by atoms with Crippen LogP contribution in [0.3, 0.4) is 0 Å². The molecule has 2 atom stereocenters. The molecule has 0 rings (SSSR count). The number of hydrogen-bond donors (Lipinski definition) is 2. The fourth-order valence-corrected chi connectivity index (χ4v) is 0.710. The van der Waals surface area contributed by atoms with Gasteiger partial charge in [-0.05, 0) is 20.8 Å². The predicted octanol–water partition coefficient (Wildman–Crippen LogP) is 0.138. The average Bonchev–Trinajstić information content (AvgIpc) is 2.11. The number of rotatable bonds is 7. The molecular formula is C9H21NO3. The number of aliphatic hydroxyl groups is 1. The van der Waals surface area contributed by atoms with E-state index in [0.717, 1.165) is 0 Å². The van der Waals surface area contributed by atoms with Crippen LogP contribution in [0.2, 0.25) is 0 Å². The minimum absolute atomic E-state index is 0.0226. The van der Waals surface area contributed by atoms with E-state index in [-0.39, 0.29) is 12.7 Å². The molecule has 0 amide bonds. The van der Waals surface area contributed by atoms with Crippen LogP contribution < -0.4 is 5.73 Å². The van der Waals surface area contributed by atoms with Crippen molar-refractivity contribution in [3.8, 4) is 0 Å². The van der Waals surface area contributed by atoms with Crippen molar-refractivity contribution in [2.24, 2.45) is 5.73 Å². The second kappa shape index (κ2) is 6.32. The standard InChI is InChI=1S/C9H21NO3/c1-4-12-5-8(2)13-7-9(3,10)6-11/h8,11H,4-7,10H2,1-3H3. The molecule has 0 fully saturated rings. The predicted molar refractivity (Wildman–Crippen MR) is 51.6 cm³/mol. The quantitative estimate of drug-likeness (QED) is 0.600. The molecule has 0 aliphatic heterocycles. The summed E-state index contributed by atoms with van der Waals surface area (Å²) in [6.07, 6.45) is 0.0226. The Morgan fingerprint density at radius 3 is 2.62 bits per heavy atom. The first-order valence-corrected chi connectivity index (χ1v) is 4.61. The van der Waals surface area contributed by atoms with E-state index in [4.69, 9.17) is 20.3 Å². The molecule has 13 heavy (non-hydrogen) atoms. The molecule has 80 valence electrons. The zero-order chi connectivity index (χ0) is 10.3. The molecule has 0 aliphatic rings. The largest absolute Gasteiger partial charge is 0.394 e. The second-order valence-electron chi connectivity index (χ2n) is 3.59. The van der Waals surface area contributed by atoms with E-state index in [1.54, 1.807) is 6.92 Å². The van der Waals surface area contributed by atoms with Gasteiger partial charge in [0.15, 0.2) is 0 Å². The molecule has 2 unspecified atom stereocenters. The normalized spacial score (nSPS) is 18.2. The van der Waals surface area contributed by atoms with Crippen molar-refractivity contribution in [2.75, 3.05) is 26.4 Å². The Morgan fingerprint density at radius 2 is 2.15 bits per heavy atom. The molecule has 0 saturated carbocycles. The van der Waals surface area contributed by atoms with E-state index in [2.05, 4.69) is 0 Å². The Bertz CT molecular complexity index is 128. The van der Waals surface area contributed by atoms with E-state index in [1.807, 2.05) is 13.8 Å². The minimum atomic E-state index is -0.652. The van der Waals surface area contributed by atoms with Gasteiger partial charge in [0, 0.05) is 6.61 Å². The molecule has 0 heterocycles. The van der Waals surface area contributed by atoms with E-state index in [9.17, 15) is 0 Å². The molecule has 0 aromatic heterocycles. The molecule has 0 bridgehead atoms. The van der Waals surface area contributed by atoms with Gasteiger partial charge in [0.05, 0.1) is 31.5 Å². The SMILES string of the molecule is CCOCC(C)OCC(C)(N)CO. The van der Waals surface area contributed by atoms with Crippen LogP contribution in [0.4, 0.5) is 0 Å². The van der Waals surface area contributed by atoms with E-state index < -0.39 is 5.54 Å². The van der Waals surface area contributed by atoms with E-state index in [1.165, 1.54) is 0 Å². The Morgan fingerprint density at radius 1 is 1.54 bits per heavy atom. The van der Waals surface area contributed by atoms with Crippen LogP contribution in [0.15, 0.2) is 0 Å². The third-order valence-electron chi connectivity index (χ3n) is 1.62. The van der Waals surface area contributed by atoms with Gasteiger partial charge in [-0.3, -0.25) is 0 Å². The van der Waals surface area contributed by atoms with Crippen molar-refractivity contribution in [1.82, 2.24) is 0 Å². The lowest BCUT2D eigenvalue weighted by Crippen LogP contribution is -2.46. The lowest BCUT2D eigenvalue weighted by Gasteiger charge is -2.23. The first-order valence-electron chi connectivity index (χ1n) is 4.61. The van der Waals surface area contributed by atoms with Crippen LogP contribution in [-0.4, -0.2) is 43.2 Å². The van der Waals surface area contributed by atoms with Gasteiger partial charge < -0.3 is 20.3 Å². The van der Waals surface area contributed by atoms with Gasteiger partial charge in [-0.25, -0.2) is 0 Å².